The zero-order valence-corrected chi connectivity index (χ0v) is 19.8. The minimum Gasteiger partial charge on any atom is -0.494 e. The fourth-order valence-corrected chi connectivity index (χ4v) is 4.76. The summed E-state index contributed by atoms with van der Waals surface area (Å²) in [6.45, 7) is 11.1. The standard InChI is InChI=1S/C25H32N4O3/c1-7-31-22-9-8-18(14-27-22)29-16-20(17-12-24(2,3)32-25(4,5)13-17)28-23(29)19-10-11-26-15-21(19)30-6/h8-11,14-17H,7,12-13H2,1-6H3. The Bertz CT molecular complexity index is 1060. The van der Waals surface area contributed by atoms with E-state index in [2.05, 4.69) is 48.4 Å². The van der Waals surface area contributed by atoms with Crippen LogP contribution in [-0.4, -0.2) is 44.4 Å². The third kappa shape index (κ3) is 4.63. The van der Waals surface area contributed by atoms with Gasteiger partial charge in [-0.1, -0.05) is 0 Å². The minimum atomic E-state index is -0.217. The average Bonchev–Trinajstić information content (AvgIpc) is 3.18. The highest BCUT2D eigenvalue weighted by Crippen LogP contribution is 2.44. The summed E-state index contributed by atoms with van der Waals surface area (Å²) in [7, 11) is 1.65. The molecule has 0 N–H and O–H groups in total. The Morgan fingerprint density at radius 2 is 1.84 bits per heavy atom. The molecule has 0 atom stereocenters. The van der Waals surface area contributed by atoms with E-state index in [1.807, 2.05) is 31.3 Å². The topological polar surface area (TPSA) is 71.3 Å². The van der Waals surface area contributed by atoms with Crippen LogP contribution in [0.25, 0.3) is 17.1 Å². The molecule has 0 amide bonds. The van der Waals surface area contributed by atoms with Crippen molar-refractivity contribution in [2.45, 2.75) is 64.6 Å². The van der Waals surface area contributed by atoms with Crippen LogP contribution in [0.1, 0.15) is 59.1 Å². The van der Waals surface area contributed by atoms with Crippen molar-refractivity contribution in [1.29, 1.82) is 0 Å². The summed E-state index contributed by atoms with van der Waals surface area (Å²) < 4.78 is 19.5. The maximum absolute atomic E-state index is 6.31. The molecule has 7 heteroatoms. The van der Waals surface area contributed by atoms with Gasteiger partial charge in [0.15, 0.2) is 0 Å². The third-order valence-electron chi connectivity index (χ3n) is 5.71. The molecule has 1 saturated heterocycles. The van der Waals surface area contributed by atoms with Crippen molar-refractivity contribution < 1.29 is 14.2 Å². The highest BCUT2D eigenvalue weighted by atomic mass is 16.5. The minimum absolute atomic E-state index is 0.217. The predicted octanol–water partition coefficient (Wildman–Crippen LogP) is 5.19. The molecule has 0 bridgehead atoms. The summed E-state index contributed by atoms with van der Waals surface area (Å²) in [6.07, 6.45) is 9.21. The summed E-state index contributed by atoms with van der Waals surface area (Å²) >= 11 is 0. The lowest BCUT2D eigenvalue weighted by Gasteiger charge is -2.45. The van der Waals surface area contributed by atoms with Crippen molar-refractivity contribution in [3.05, 3.63) is 48.7 Å². The first-order valence-electron chi connectivity index (χ1n) is 11.1. The number of hydrogen-bond donors (Lipinski definition) is 0. The van der Waals surface area contributed by atoms with Gasteiger partial charge in [-0.05, 0) is 59.6 Å². The molecule has 0 saturated carbocycles. The molecular weight excluding hydrogens is 404 g/mol. The largest absolute Gasteiger partial charge is 0.494 e. The van der Waals surface area contributed by atoms with E-state index < -0.39 is 0 Å². The van der Waals surface area contributed by atoms with Gasteiger partial charge in [-0.25, -0.2) is 9.97 Å². The van der Waals surface area contributed by atoms with Gasteiger partial charge in [-0.3, -0.25) is 9.55 Å². The second kappa shape index (κ2) is 8.54. The average molecular weight is 437 g/mol. The highest BCUT2D eigenvalue weighted by Gasteiger charge is 2.41. The normalized spacial score (nSPS) is 17.8. The number of pyridine rings is 2. The van der Waals surface area contributed by atoms with Gasteiger partial charge in [-0.2, -0.15) is 0 Å². The van der Waals surface area contributed by atoms with Crippen LogP contribution in [0.3, 0.4) is 0 Å². The number of ether oxygens (including phenoxy) is 3. The first-order valence-corrected chi connectivity index (χ1v) is 11.1. The van der Waals surface area contributed by atoms with Gasteiger partial charge in [0.05, 0.1) is 54.3 Å². The van der Waals surface area contributed by atoms with Crippen LogP contribution >= 0.6 is 0 Å². The molecular formula is C25H32N4O3. The lowest BCUT2D eigenvalue weighted by Crippen LogP contribution is -2.44. The van der Waals surface area contributed by atoms with Gasteiger partial charge < -0.3 is 14.2 Å². The van der Waals surface area contributed by atoms with Crippen molar-refractivity contribution in [3.63, 3.8) is 0 Å². The van der Waals surface area contributed by atoms with Crippen LogP contribution < -0.4 is 9.47 Å². The van der Waals surface area contributed by atoms with Crippen LogP contribution in [0, 0.1) is 0 Å². The van der Waals surface area contributed by atoms with Crippen LogP contribution in [0.2, 0.25) is 0 Å². The van der Waals surface area contributed by atoms with E-state index in [-0.39, 0.29) is 17.1 Å². The predicted molar refractivity (Wildman–Crippen MR) is 124 cm³/mol. The second-order valence-corrected chi connectivity index (χ2v) is 9.45. The molecule has 3 aromatic rings. The number of hydrogen-bond acceptors (Lipinski definition) is 6. The lowest BCUT2D eigenvalue weighted by molar-refractivity contribution is -0.162. The van der Waals surface area contributed by atoms with E-state index in [0.29, 0.717) is 18.2 Å². The number of methoxy groups -OCH3 is 1. The number of rotatable bonds is 6. The Morgan fingerprint density at radius 3 is 2.47 bits per heavy atom. The van der Waals surface area contributed by atoms with E-state index in [0.717, 1.165) is 35.6 Å². The number of aromatic nitrogens is 4. The Morgan fingerprint density at radius 1 is 1.09 bits per heavy atom. The maximum atomic E-state index is 6.31. The van der Waals surface area contributed by atoms with Crippen molar-refractivity contribution in [3.8, 4) is 28.7 Å². The smallest absolute Gasteiger partial charge is 0.213 e. The number of imidazole rings is 1. The van der Waals surface area contributed by atoms with E-state index in [4.69, 9.17) is 19.2 Å². The summed E-state index contributed by atoms with van der Waals surface area (Å²) in [5, 5.41) is 0. The molecule has 4 rings (SSSR count). The highest BCUT2D eigenvalue weighted by molar-refractivity contribution is 5.66. The molecule has 1 aliphatic rings. The van der Waals surface area contributed by atoms with Gasteiger partial charge in [0.25, 0.3) is 0 Å². The van der Waals surface area contributed by atoms with Gasteiger partial charge >= 0.3 is 0 Å². The van der Waals surface area contributed by atoms with Gasteiger partial charge in [0, 0.05) is 24.4 Å². The van der Waals surface area contributed by atoms with Crippen LogP contribution in [-0.2, 0) is 4.74 Å². The molecule has 0 aromatic carbocycles. The Labute approximate surface area is 189 Å². The first kappa shape index (κ1) is 22.3. The molecule has 7 nitrogen and oxygen atoms in total. The van der Waals surface area contributed by atoms with Crippen LogP contribution in [0.4, 0.5) is 0 Å². The lowest BCUT2D eigenvalue weighted by atomic mass is 9.79. The summed E-state index contributed by atoms with van der Waals surface area (Å²) in [5.74, 6) is 2.36. The monoisotopic (exact) mass is 436 g/mol. The van der Waals surface area contributed by atoms with Crippen molar-refractivity contribution in [2.24, 2.45) is 0 Å². The maximum Gasteiger partial charge on any atom is 0.213 e. The first-order chi connectivity index (χ1) is 15.2. The third-order valence-corrected chi connectivity index (χ3v) is 5.71. The summed E-state index contributed by atoms with van der Waals surface area (Å²) in [5.41, 5.74) is 2.40. The zero-order chi connectivity index (χ0) is 22.9. The quantitative estimate of drug-likeness (QED) is 0.530. The van der Waals surface area contributed by atoms with Gasteiger partial charge in [0.1, 0.15) is 11.6 Å². The van der Waals surface area contributed by atoms with Crippen LogP contribution in [0.15, 0.2) is 43.0 Å². The molecule has 1 fully saturated rings. The fourth-order valence-electron chi connectivity index (χ4n) is 4.76. The van der Waals surface area contributed by atoms with Gasteiger partial charge in [-0.15, -0.1) is 0 Å². The molecule has 4 heterocycles. The Hall–Kier alpha value is -2.93. The molecule has 0 radical (unpaired) electrons. The summed E-state index contributed by atoms with van der Waals surface area (Å²) in [6, 6.07) is 5.81. The van der Waals surface area contributed by atoms with Crippen molar-refractivity contribution >= 4 is 0 Å². The fraction of sp³-hybridized carbons (Fsp3) is 0.480. The van der Waals surface area contributed by atoms with E-state index in [1.54, 1.807) is 19.5 Å². The Balaban J connectivity index is 1.82. The van der Waals surface area contributed by atoms with E-state index in [9.17, 15) is 0 Å². The molecule has 0 aliphatic carbocycles. The molecule has 1 aliphatic heterocycles. The van der Waals surface area contributed by atoms with Crippen molar-refractivity contribution in [2.75, 3.05) is 13.7 Å². The molecule has 32 heavy (non-hydrogen) atoms. The second-order valence-electron chi connectivity index (χ2n) is 9.45. The molecule has 170 valence electrons. The van der Waals surface area contributed by atoms with E-state index in [1.165, 1.54) is 0 Å². The Kier molecular flexibility index (Phi) is 5.95. The molecule has 0 spiro atoms. The molecule has 0 unspecified atom stereocenters. The zero-order valence-electron chi connectivity index (χ0n) is 19.8. The molecule has 3 aromatic heterocycles. The van der Waals surface area contributed by atoms with Crippen LogP contribution in [0.5, 0.6) is 11.6 Å². The van der Waals surface area contributed by atoms with Gasteiger partial charge in [0.2, 0.25) is 5.88 Å². The summed E-state index contributed by atoms with van der Waals surface area (Å²) in [4.78, 5) is 13.8. The number of nitrogens with zero attached hydrogens (tertiary/aromatic N) is 4. The van der Waals surface area contributed by atoms with E-state index >= 15 is 0 Å². The van der Waals surface area contributed by atoms with Crippen molar-refractivity contribution in [1.82, 2.24) is 19.5 Å². The SMILES string of the molecule is CCOc1ccc(-n2cc(C3CC(C)(C)OC(C)(C)C3)nc2-c2ccncc2OC)cn1.